The molecule has 1 aliphatic rings. The van der Waals surface area contributed by atoms with Gasteiger partial charge in [-0.2, -0.15) is 0 Å². The summed E-state index contributed by atoms with van der Waals surface area (Å²) >= 11 is 0. The SMILES string of the molecule is COC(=O)c1cccnc1NC(=O)C(CC1CCCC1)c1ccc([N+](=O)[O-])cc1. The molecule has 0 spiro atoms. The van der Waals surface area contributed by atoms with Crippen LogP contribution in [-0.4, -0.2) is 28.9 Å². The summed E-state index contributed by atoms with van der Waals surface area (Å²) in [4.78, 5) is 39.7. The maximum atomic E-state index is 13.1. The lowest BCUT2D eigenvalue weighted by Crippen LogP contribution is -2.25. The van der Waals surface area contributed by atoms with Crippen LogP contribution in [0.3, 0.4) is 0 Å². The molecule has 8 nitrogen and oxygen atoms in total. The van der Waals surface area contributed by atoms with Gasteiger partial charge in [0.2, 0.25) is 5.91 Å². The van der Waals surface area contributed by atoms with E-state index in [9.17, 15) is 19.7 Å². The zero-order valence-electron chi connectivity index (χ0n) is 16.2. The average molecular weight is 397 g/mol. The van der Waals surface area contributed by atoms with Crippen molar-refractivity contribution in [1.29, 1.82) is 0 Å². The van der Waals surface area contributed by atoms with Crippen molar-refractivity contribution in [2.45, 2.75) is 38.0 Å². The van der Waals surface area contributed by atoms with Gasteiger partial charge in [-0.3, -0.25) is 14.9 Å². The minimum atomic E-state index is -0.587. The van der Waals surface area contributed by atoms with Crippen LogP contribution < -0.4 is 5.32 Å². The number of esters is 1. The summed E-state index contributed by atoms with van der Waals surface area (Å²) in [5, 5.41) is 13.7. The largest absolute Gasteiger partial charge is 0.465 e. The molecule has 3 rings (SSSR count). The van der Waals surface area contributed by atoms with Crippen molar-refractivity contribution in [1.82, 2.24) is 4.98 Å². The molecule has 0 radical (unpaired) electrons. The van der Waals surface area contributed by atoms with E-state index in [2.05, 4.69) is 10.3 Å². The summed E-state index contributed by atoms with van der Waals surface area (Å²) in [5.41, 5.74) is 0.855. The second-order valence-electron chi connectivity index (χ2n) is 7.17. The third-order valence-electron chi connectivity index (χ3n) is 5.32. The van der Waals surface area contributed by atoms with Crippen molar-refractivity contribution in [3.63, 3.8) is 0 Å². The zero-order valence-corrected chi connectivity index (χ0v) is 16.2. The minimum absolute atomic E-state index is 0.0218. The van der Waals surface area contributed by atoms with E-state index in [0.717, 1.165) is 25.7 Å². The molecule has 29 heavy (non-hydrogen) atoms. The van der Waals surface area contributed by atoms with Crippen LogP contribution in [0.4, 0.5) is 11.5 Å². The van der Waals surface area contributed by atoms with Crippen molar-refractivity contribution in [3.05, 3.63) is 63.8 Å². The highest BCUT2D eigenvalue weighted by Crippen LogP contribution is 2.35. The van der Waals surface area contributed by atoms with Crippen LogP contribution in [-0.2, 0) is 9.53 Å². The fourth-order valence-corrected chi connectivity index (χ4v) is 3.79. The number of hydrogen-bond acceptors (Lipinski definition) is 6. The molecule has 1 atom stereocenters. The number of rotatable bonds is 7. The number of nitro groups is 1. The van der Waals surface area contributed by atoms with E-state index in [1.807, 2.05) is 0 Å². The van der Waals surface area contributed by atoms with Crippen LogP contribution in [0.1, 0.15) is 53.9 Å². The Morgan fingerprint density at radius 2 is 1.93 bits per heavy atom. The van der Waals surface area contributed by atoms with Gasteiger partial charge in [-0.25, -0.2) is 9.78 Å². The molecule has 1 fully saturated rings. The van der Waals surface area contributed by atoms with E-state index in [-0.39, 0.29) is 23.0 Å². The van der Waals surface area contributed by atoms with Gasteiger partial charge in [-0.05, 0) is 30.0 Å². The van der Waals surface area contributed by atoms with Gasteiger partial charge in [-0.1, -0.05) is 37.8 Å². The number of aromatic nitrogens is 1. The van der Waals surface area contributed by atoms with Crippen LogP contribution in [0, 0.1) is 16.0 Å². The standard InChI is InChI=1S/C21H23N3O5/c1-29-21(26)17-7-4-12-22-19(17)23-20(25)18(13-14-5-2-3-6-14)15-8-10-16(11-9-15)24(27)28/h4,7-12,14,18H,2-3,5-6,13H2,1H3,(H,22,23,25). The third-order valence-corrected chi connectivity index (χ3v) is 5.32. The number of nitrogens with zero attached hydrogens (tertiary/aromatic N) is 2. The number of pyridine rings is 1. The molecule has 1 aliphatic carbocycles. The van der Waals surface area contributed by atoms with E-state index < -0.39 is 16.8 Å². The lowest BCUT2D eigenvalue weighted by molar-refractivity contribution is -0.384. The maximum Gasteiger partial charge on any atom is 0.341 e. The molecular formula is C21H23N3O5. The first-order valence-corrected chi connectivity index (χ1v) is 9.58. The van der Waals surface area contributed by atoms with Crippen molar-refractivity contribution < 1.29 is 19.2 Å². The molecule has 2 aromatic rings. The molecule has 1 N–H and O–H groups in total. The van der Waals surface area contributed by atoms with E-state index in [1.54, 1.807) is 18.2 Å². The molecule has 0 bridgehead atoms. The number of methoxy groups -OCH3 is 1. The van der Waals surface area contributed by atoms with Gasteiger partial charge >= 0.3 is 5.97 Å². The van der Waals surface area contributed by atoms with E-state index in [1.165, 1.54) is 31.5 Å². The summed E-state index contributed by atoms with van der Waals surface area (Å²) in [6, 6.07) is 9.18. The van der Waals surface area contributed by atoms with E-state index in [0.29, 0.717) is 17.9 Å². The topological polar surface area (TPSA) is 111 Å². The Bertz CT molecular complexity index is 891. The van der Waals surface area contributed by atoms with Crippen molar-refractivity contribution in [3.8, 4) is 0 Å². The summed E-state index contributed by atoms with van der Waals surface area (Å²) in [6.07, 6.45) is 6.55. The fourth-order valence-electron chi connectivity index (χ4n) is 3.79. The highest BCUT2D eigenvalue weighted by atomic mass is 16.6. The lowest BCUT2D eigenvalue weighted by atomic mass is 9.87. The van der Waals surface area contributed by atoms with E-state index in [4.69, 9.17) is 4.74 Å². The summed E-state index contributed by atoms with van der Waals surface area (Å²) < 4.78 is 4.75. The minimum Gasteiger partial charge on any atom is -0.465 e. The van der Waals surface area contributed by atoms with Gasteiger partial charge in [-0.15, -0.1) is 0 Å². The van der Waals surface area contributed by atoms with Crippen LogP contribution in [0.25, 0.3) is 0 Å². The number of nitrogens with one attached hydrogen (secondary N) is 1. The summed E-state index contributed by atoms with van der Waals surface area (Å²) in [6.45, 7) is 0. The first-order valence-electron chi connectivity index (χ1n) is 9.58. The predicted octanol–water partition coefficient (Wildman–Crippen LogP) is 4.08. The summed E-state index contributed by atoms with van der Waals surface area (Å²) in [7, 11) is 1.26. The van der Waals surface area contributed by atoms with E-state index >= 15 is 0 Å². The van der Waals surface area contributed by atoms with Crippen molar-refractivity contribution >= 4 is 23.4 Å². The van der Waals surface area contributed by atoms with Crippen molar-refractivity contribution in [2.75, 3.05) is 12.4 Å². The molecule has 1 aromatic heterocycles. The molecule has 1 aromatic carbocycles. The number of carbonyl (C=O) groups is 2. The van der Waals surface area contributed by atoms with Gasteiger partial charge in [0, 0.05) is 18.3 Å². The van der Waals surface area contributed by atoms with Crippen LogP contribution in [0.5, 0.6) is 0 Å². The molecular weight excluding hydrogens is 374 g/mol. The molecule has 1 saturated carbocycles. The molecule has 8 heteroatoms. The normalized spacial score (nSPS) is 14.9. The fraction of sp³-hybridized carbons (Fsp3) is 0.381. The van der Waals surface area contributed by atoms with Gasteiger partial charge in [0.05, 0.1) is 18.0 Å². The molecule has 0 saturated heterocycles. The van der Waals surface area contributed by atoms with Crippen molar-refractivity contribution in [2.24, 2.45) is 5.92 Å². The van der Waals surface area contributed by atoms with Crippen LogP contribution >= 0.6 is 0 Å². The van der Waals surface area contributed by atoms with Gasteiger partial charge in [0.25, 0.3) is 5.69 Å². The third kappa shape index (κ3) is 4.96. The zero-order chi connectivity index (χ0) is 20.8. The Kier molecular flexibility index (Phi) is 6.54. The molecule has 1 unspecified atom stereocenters. The molecule has 1 amide bonds. The van der Waals surface area contributed by atoms with Gasteiger partial charge in [0.1, 0.15) is 11.4 Å². The first kappa shape index (κ1) is 20.4. The Morgan fingerprint density at radius 1 is 1.24 bits per heavy atom. The second kappa shape index (κ2) is 9.27. The monoisotopic (exact) mass is 397 g/mol. The first-order chi connectivity index (χ1) is 14.0. The maximum absolute atomic E-state index is 13.1. The highest BCUT2D eigenvalue weighted by Gasteiger charge is 2.28. The number of ether oxygens (including phenoxy) is 1. The second-order valence-corrected chi connectivity index (χ2v) is 7.17. The Hall–Kier alpha value is -3.29. The number of hydrogen-bond donors (Lipinski definition) is 1. The lowest BCUT2D eigenvalue weighted by Gasteiger charge is -2.21. The Labute approximate surface area is 168 Å². The molecule has 0 aliphatic heterocycles. The van der Waals surface area contributed by atoms with Crippen LogP contribution in [0.2, 0.25) is 0 Å². The number of carbonyl (C=O) groups excluding carboxylic acids is 2. The Balaban J connectivity index is 1.86. The predicted molar refractivity (Wildman–Crippen MR) is 107 cm³/mol. The molecule has 152 valence electrons. The molecule has 1 heterocycles. The quantitative estimate of drug-likeness (QED) is 0.428. The number of non-ortho nitro benzene ring substituents is 1. The number of anilines is 1. The number of nitro benzene ring substituents is 1. The van der Waals surface area contributed by atoms with Crippen LogP contribution in [0.15, 0.2) is 42.6 Å². The number of amides is 1. The summed E-state index contributed by atoms with van der Waals surface area (Å²) in [5.74, 6) is -0.815. The van der Waals surface area contributed by atoms with Gasteiger partial charge < -0.3 is 10.1 Å². The van der Waals surface area contributed by atoms with Gasteiger partial charge in [0.15, 0.2) is 0 Å². The highest BCUT2D eigenvalue weighted by molar-refractivity contribution is 6.02. The average Bonchev–Trinajstić information content (AvgIpc) is 3.25. The number of benzene rings is 1. The smallest absolute Gasteiger partial charge is 0.341 e. The Morgan fingerprint density at radius 3 is 2.55 bits per heavy atom.